The summed E-state index contributed by atoms with van der Waals surface area (Å²) in [6.07, 6.45) is 0.369. The van der Waals surface area contributed by atoms with Crippen molar-refractivity contribution in [2.75, 3.05) is 18.4 Å². The van der Waals surface area contributed by atoms with E-state index in [4.69, 9.17) is 0 Å². The number of rotatable bonds is 9. The molecule has 3 N–H and O–H groups in total. The van der Waals surface area contributed by atoms with Crippen molar-refractivity contribution in [3.05, 3.63) is 69.8 Å². The highest BCUT2D eigenvalue weighted by atomic mass is 16.2. The summed E-state index contributed by atoms with van der Waals surface area (Å²) in [5.41, 5.74) is 2.30. The number of nitrogens with zero attached hydrogens (tertiary/aromatic N) is 4. The molecule has 0 aliphatic heterocycles. The smallest absolute Gasteiger partial charge is 0.267 e. The maximum Gasteiger partial charge on any atom is 0.267 e. The van der Waals surface area contributed by atoms with Gasteiger partial charge in [-0.15, -0.1) is 5.10 Å². The third-order valence-corrected chi connectivity index (χ3v) is 4.86. The van der Waals surface area contributed by atoms with Gasteiger partial charge in [0.15, 0.2) is 5.82 Å². The Morgan fingerprint density at radius 2 is 1.62 bits per heavy atom. The number of benzene rings is 1. The number of hydrogen-bond acceptors (Lipinski definition) is 6. The van der Waals surface area contributed by atoms with Gasteiger partial charge in [0, 0.05) is 42.5 Å². The number of aryl methyl sites for hydroxylation is 2. The average molecular weight is 466 g/mol. The van der Waals surface area contributed by atoms with Crippen LogP contribution in [0, 0.1) is 13.8 Å². The average Bonchev–Trinajstić information content (AvgIpc) is 3.16. The lowest BCUT2D eigenvalue weighted by Crippen LogP contribution is -2.38. The van der Waals surface area contributed by atoms with Crippen molar-refractivity contribution in [2.24, 2.45) is 0 Å². The molecule has 3 aromatic rings. The predicted molar refractivity (Wildman–Crippen MR) is 126 cm³/mol. The van der Waals surface area contributed by atoms with Crippen LogP contribution in [0.25, 0.3) is 5.82 Å². The van der Waals surface area contributed by atoms with Gasteiger partial charge in [0.25, 0.3) is 11.5 Å². The number of carbonyl (C=O) groups is 3. The Balaban J connectivity index is 1.48. The van der Waals surface area contributed by atoms with E-state index >= 15 is 0 Å². The van der Waals surface area contributed by atoms with Gasteiger partial charge >= 0.3 is 0 Å². The molecule has 3 rings (SSSR count). The molecule has 0 fully saturated rings. The van der Waals surface area contributed by atoms with Crippen LogP contribution in [0.1, 0.15) is 35.1 Å². The molecule has 3 amide bonds. The van der Waals surface area contributed by atoms with E-state index in [2.05, 4.69) is 26.1 Å². The van der Waals surface area contributed by atoms with Crippen molar-refractivity contribution in [2.45, 2.75) is 33.7 Å². The third kappa shape index (κ3) is 6.37. The summed E-state index contributed by atoms with van der Waals surface area (Å²) in [5.74, 6) is -0.391. The van der Waals surface area contributed by atoms with Crippen LogP contribution in [0.5, 0.6) is 0 Å². The molecule has 0 atom stereocenters. The van der Waals surface area contributed by atoms with Gasteiger partial charge in [0.1, 0.15) is 6.54 Å². The summed E-state index contributed by atoms with van der Waals surface area (Å²) < 4.78 is 2.67. The largest absolute Gasteiger partial charge is 0.353 e. The minimum Gasteiger partial charge on any atom is -0.353 e. The van der Waals surface area contributed by atoms with Gasteiger partial charge in [0.05, 0.1) is 5.69 Å². The van der Waals surface area contributed by atoms with Crippen LogP contribution in [0.4, 0.5) is 5.69 Å². The molecule has 1 aromatic carbocycles. The van der Waals surface area contributed by atoms with Gasteiger partial charge in [-0.05, 0) is 50.2 Å². The van der Waals surface area contributed by atoms with Crippen LogP contribution in [0.15, 0.2) is 47.3 Å². The zero-order valence-corrected chi connectivity index (χ0v) is 19.3. The van der Waals surface area contributed by atoms with E-state index in [0.717, 1.165) is 16.1 Å². The van der Waals surface area contributed by atoms with Crippen LogP contribution in [-0.4, -0.2) is 50.4 Å². The van der Waals surface area contributed by atoms with E-state index < -0.39 is 11.5 Å². The molecule has 0 unspecified atom stereocenters. The monoisotopic (exact) mass is 465 g/mol. The Bertz CT molecular complexity index is 1240. The fourth-order valence-corrected chi connectivity index (χ4v) is 3.15. The van der Waals surface area contributed by atoms with Crippen LogP contribution >= 0.6 is 0 Å². The molecule has 0 saturated heterocycles. The van der Waals surface area contributed by atoms with Gasteiger partial charge in [-0.2, -0.15) is 5.10 Å². The molecule has 178 valence electrons. The van der Waals surface area contributed by atoms with Crippen molar-refractivity contribution in [1.29, 1.82) is 0 Å². The summed E-state index contributed by atoms with van der Waals surface area (Å²) in [4.78, 5) is 48.0. The Kier molecular flexibility index (Phi) is 7.91. The number of carbonyl (C=O) groups excluding carboxylic acids is 3. The number of nitrogens with one attached hydrogen (secondary N) is 3. The number of aromatic nitrogens is 4. The topological polar surface area (TPSA) is 140 Å². The molecule has 11 heteroatoms. The summed E-state index contributed by atoms with van der Waals surface area (Å²) in [6, 6.07) is 11.3. The number of amides is 3. The van der Waals surface area contributed by atoms with Crippen LogP contribution in [0.2, 0.25) is 0 Å². The molecule has 2 heterocycles. The molecular weight excluding hydrogens is 438 g/mol. The first kappa shape index (κ1) is 24.4. The summed E-state index contributed by atoms with van der Waals surface area (Å²) in [7, 11) is 0. The number of hydrogen-bond donors (Lipinski definition) is 3. The Hall–Kier alpha value is -4.28. The molecule has 0 saturated carbocycles. The van der Waals surface area contributed by atoms with E-state index in [9.17, 15) is 19.2 Å². The minimum absolute atomic E-state index is 0.108. The first-order valence-corrected chi connectivity index (χ1v) is 10.8. The highest BCUT2D eigenvalue weighted by Crippen LogP contribution is 2.10. The van der Waals surface area contributed by atoms with Gasteiger partial charge in [-0.25, -0.2) is 9.36 Å². The Morgan fingerprint density at radius 1 is 0.912 bits per heavy atom. The molecule has 0 spiro atoms. The minimum atomic E-state index is -0.412. The van der Waals surface area contributed by atoms with Crippen LogP contribution < -0.4 is 21.5 Å². The molecule has 0 aliphatic carbocycles. The lowest BCUT2D eigenvalue weighted by Gasteiger charge is -2.10. The maximum atomic E-state index is 12.3. The zero-order valence-electron chi connectivity index (χ0n) is 19.3. The number of anilines is 1. The highest BCUT2D eigenvalue weighted by Gasteiger charge is 2.11. The van der Waals surface area contributed by atoms with Gasteiger partial charge in [0.2, 0.25) is 11.8 Å². The van der Waals surface area contributed by atoms with Crippen LogP contribution in [0.3, 0.4) is 0 Å². The van der Waals surface area contributed by atoms with Crippen molar-refractivity contribution in [1.82, 2.24) is 30.2 Å². The predicted octanol–water partition coefficient (Wildman–Crippen LogP) is 0.941. The maximum absolute atomic E-state index is 12.3. The highest BCUT2D eigenvalue weighted by molar-refractivity contribution is 5.95. The lowest BCUT2D eigenvalue weighted by molar-refractivity contribution is -0.122. The fraction of sp³-hybridized carbons (Fsp3) is 0.304. The van der Waals surface area contributed by atoms with E-state index in [1.54, 1.807) is 41.9 Å². The normalized spacial score (nSPS) is 10.6. The fourth-order valence-electron chi connectivity index (χ4n) is 3.15. The van der Waals surface area contributed by atoms with Crippen molar-refractivity contribution >= 4 is 23.4 Å². The van der Waals surface area contributed by atoms with Gasteiger partial charge in [-0.1, -0.05) is 6.92 Å². The zero-order chi connectivity index (χ0) is 24.7. The van der Waals surface area contributed by atoms with E-state index in [1.807, 2.05) is 19.9 Å². The standard InChI is InChI=1S/C23H27N7O4/c1-4-20(31)26-18-7-5-17(6-8-18)23(34)25-12-11-24-21(32)14-29-22(33)10-9-19(28-29)30-16(3)13-15(2)27-30/h5-10,13H,4,11-12,14H2,1-3H3,(H,24,32)(H,25,34)(H,26,31). The SMILES string of the molecule is CCC(=O)Nc1ccc(C(=O)NCCNC(=O)Cn2nc(-n3nc(C)cc3C)ccc2=O)cc1. The Morgan fingerprint density at radius 3 is 2.26 bits per heavy atom. The molecule has 0 aliphatic rings. The molecule has 2 aromatic heterocycles. The van der Waals surface area contributed by atoms with Crippen molar-refractivity contribution < 1.29 is 14.4 Å². The molecule has 0 radical (unpaired) electrons. The van der Waals surface area contributed by atoms with E-state index in [1.165, 1.54) is 6.07 Å². The summed E-state index contributed by atoms with van der Waals surface area (Å²) in [6.45, 7) is 5.61. The van der Waals surface area contributed by atoms with E-state index in [-0.39, 0.29) is 31.4 Å². The van der Waals surface area contributed by atoms with E-state index in [0.29, 0.717) is 23.5 Å². The summed E-state index contributed by atoms with van der Waals surface area (Å²) >= 11 is 0. The lowest BCUT2D eigenvalue weighted by atomic mass is 10.2. The second-order valence-corrected chi connectivity index (χ2v) is 7.61. The molecule has 34 heavy (non-hydrogen) atoms. The van der Waals surface area contributed by atoms with Crippen molar-refractivity contribution in [3.63, 3.8) is 0 Å². The second kappa shape index (κ2) is 11.0. The molecule has 0 bridgehead atoms. The molecule has 11 nitrogen and oxygen atoms in total. The van der Waals surface area contributed by atoms with Crippen molar-refractivity contribution in [3.8, 4) is 5.82 Å². The molecular formula is C23H27N7O4. The van der Waals surface area contributed by atoms with Gasteiger partial charge < -0.3 is 16.0 Å². The Labute approximate surface area is 196 Å². The summed E-state index contributed by atoms with van der Waals surface area (Å²) in [5, 5.41) is 16.6. The van der Waals surface area contributed by atoms with Gasteiger partial charge in [-0.3, -0.25) is 19.2 Å². The quantitative estimate of drug-likeness (QED) is 0.402. The first-order valence-electron chi connectivity index (χ1n) is 10.8. The first-order chi connectivity index (χ1) is 16.3. The van der Waals surface area contributed by atoms with Crippen LogP contribution in [-0.2, 0) is 16.1 Å². The third-order valence-electron chi connectivity index (χ3n) is 4.86. The second-order valence-electron chi connectivity index (χ2n) is 7.61.